The van der Waals surface area contributed by atoms with Crippen LogP contribution in [0.4, 0.5) is 5.69 Å². The van der Waals surface area contributed by atoms with Gasteiger partial charge in [0.2, 0.25) is 5.91 Å². The minimum atomic E-state index is -0.734. The third-order valence-electron chi connectivity index (χ3n) is 4.65. The van der Waals surface area contributed by atoms with Gasteiger partial charge in [-0.15, -0.1) is 0 Å². The van der Waals surface area contributed by atoms with Crippen LogP contribution in [0, 0.1) is 5.92 Å². The van der Waals surface area contributed by atoms with Crippen molar-refractivity contribution in [2.75, 3.05) is 5.32 Å². The van der Waals surface area contributed by atoms with Gasteiger partial charge >= 0.3 is 0 Å². The number of anilines is 1. The van der Waals surface area contributed by atoms with Crippen molar-refractivity contribution in [1.82, 2.24) is 10.6 Å². The number of carbonyl (C=O) groups is 3. The topological polar surface area (TPSA) is 87.3 Å². The lowest BCUT2D eigenvalue weighted by molar-refractivity contribution is -0.118. The molecule has 6 nitrogen and oxygen atoms in total. The Morgan fingerprint density at radius 2 is 1.66 bits per heavy atom. The molecule has 0 bridgehead atoms. The zero-order valence-corrected chi connectivity index (χ0v) is 17.1. The first-order valence-corrected chi connectivity index (χ1v) is 9.99. The lowest BCUT2D eigenvalue weighted by Gasteiger charge is -2.22. The van der Waals surface area contributed by atoms with Gasteiger partial charge in [0.25, 0.3) is 11.8 Å². The zero-order valence-electron chi connectivity index (χ0n) is 16.4. The monoisotopic (exact) mass is 413 g/mol. The van der Waals surface area contributed by atoms with Gasteiger partial charge in [-0.3, -0.25) is 14.4 Å². The molecule has 0 unspecified atom stereocenters. The maximum Gasteiger partial charge on any atom is 0.251 e. The van der Waals surface area contributed by atoms with Gasteiger partial charge in [0.1, 0.15) is 6.04 Å². The Morgan fingerprint density at radius 3 is 2.28 bits per heavy atom. The summed E-state index contributed by atoms with van der Waals surface area (Å²) in [5.41, 5.74) is 1.41. The van der Waals surface area contributed by atoms with Crippen LogP contribution in [-0.2, 0) is 4.79 Å². The molecule has 3 N–H and O–H groups in total. The molecular formula is C22H24ClN3O3. The largest absolute Gasteiger partial charge is 0.349 e. The van der Waals surface area contributed by atoms with Gasteiger partial charge in [0.15, 0.2) is 0 Å². The molecule has 2 aromatic rings. The molecule has 152 valence electrons. The highest BCUT2D eigenvalue weighted by atomic mass is 35.5. The average molecular weight is 414 g/mol. The minimum Gasteiger partial charge on any atom is -0.349 e. The van der Waals surface area contributed by atoms with Crippen LogP contribution >= 0.6 is 11.6 Å². The van der Waals surface area contributed by atoms with Gasteiger partial charge in [-0.2, -0.15) is 0 Å². The number of hydrogen-bond acceptors (Lipinski definition) is 3. The number of nitrogens with one attached hydrogen (secondary N) is 3. The second-order valence-electron chi connectivity index (χ2n) is 7.52. The normalized spacial score (nSPS) is 14.2. The smallest absolute Gasteiger partial charge is 0.251 e. The van der Waals surface area contributed by atoms with Crippen LogP contribution in [0.1, 0.15) is 47.4 Å². The fourth-order valence-electron chi connectivity index (χ4n) is 2.82. The Bertz CT molecular complexity index is 908. The van der Waals surface area contributed by atoms with Crippen LogP contribution in [-0.4, -0.2) is 29.8 Å². The van der Waals surface area contributed by atoms with Crippen LogP contribution in [0.2, 0.25) is 5.02 Å². The van der Waals surface area contributed by atoms with Crippen LogP contribution in [0.25, 0.3) is 0 Å². The Hall–Kier alpha value is -2.86. The van der Waals surface area contributed by atoms with Crippen molar-refractivity contribution in [1.29, 1.82) is 0 Å². The first-order valence-electron chi connectivity index (χ1n) is 9.61. The predicted molar refractivity (Wildman–Crippen MR) is 113 cm³/mol. The second kappa shape index (κ2) is 9.09. The number of benzene rings is 2. The van der Waals surface area contributed by atoms with E-state index in [2.05, 4.69) is 16.0 Å². The van der Waals surface area contributed by atoms with Gasteiger partial charge in [-0.25, -0.2) is 0 Å². The molecule has 1 aliphatic rings. The summed E-state index contributed by atoms with van der Waals surface area (Å²) in [6, 6.07) is 12.8. The summed E-state index contributed by atoms with van der Waals surface area (Å²) < 4.78 is 0. The third kappa shape index (κ3) is 5.81. The van der Waals surface area contributed by atoms with Crippen molar-refractivity contribution in [3.63, 3.8) is 0 Å². The van der Waals surface area contributed by atoms with Crippen molar-refractivity contribution >= 4 is 35.0 Å². The maximum absolute atomic E-state index is 12.8. The Morgan fingerprint density at radius 1 is 0.966 bits per heavy atom. The fourth-order valence-corrected chi connectivity index (χ4v) is 2.94. The number of hydrogen-bond donors (Lipinski definition) is 3. The highest BCUT2D eigenvalue weighted by molar-refractivity contribution is 6.30. The molecule has 1 saturated carbocycles. The number of carbonyl (C=O) groups excluding carboxylic acids is 3. The quantitative estimate of drug-likeness (QED) is 0.647. The molecule has 3 rings (SSSR count). The Kier molecular flexibility index (Phi) is 6.54. The zero-order chi connectivity index (χ0) is 21.0. The Balaban J connectivity index is 1.67. The van der Waals surface area contributed by atoms with E-state index in [9.17, 15) is 14.4 Å². The van der Waals surface area contributed by atoms with E-state index < -0.39 is 6.04 Å². The van der Waals surface area contributed by atoms with Crippen LogP contribution in [0.5, 0.6) is 0 Å². The molecule has 29 heavy (non-hydrogen) atoms. The molecule has 0 spiro atoms. The van der Waals surface area contributed by atoms with Crippen molar-refractivity contribution in [2.45, 2.75) is 38.8 Å². The molecule has 7 heteroatoms. The Labute approximate surface area is 175 Å². The molecule has 2 aromatic carbocycles. The molecule has 0 aliphatic heterocycles. The molecule has 1 fully saturated rings. The van der Waals surface area contributed by atoms with E-state index >= 15 is 0 Å². The van der Waals surface area contributed by atoms with E-state index in [0.717, 1.165) is 12.8 Å². The van der Waals surface area contributed by atoms with Crippen LogP contribution in [0.15, 0.2) is 48.5 Å². The molecule has 0 saturated heterocycles. The minimum absolute atomic E-state index is 0.132. The van der Waals surface area contributed by atoms with Crippen LogP contribution in [0.3, 0.4) is 0 Å². The van der Waals surface area contributed by atoms with E-state index in [0.29, 0.717) is 21.8 Å². The van der Waals surface area contributed by atoms with Crippen LogP contribution < -0.4 is 16.0 Å². The van der Waals surface area contributed by atoms with E-state index in [1.54, 1.807) is 48.5 Å². The summed E-state index contributed by atoms with van der Waals surface area (Å²) >= 11 is 5.86. The highest BCUT2D eigenvalue weighted by Gasteiger charge is 2.26. The molecule has 0 heterocycles. The number of amides is 3. The van der Waals surface area contributed by atoms with Crippen molar-refractivity contribution < 1.29 is 14.4 Å². The summed E-state index contributed by atoms with van der Waals surface area (Å²) in [6.07, 6.45) is 2.01. The van der Waals surface area contributed by atoms with Gasteiger partial charge < -0.3 is 16.0 Å². The first kappa shape index (κ1) is 20.9. The van der Waals surface area contributed by atoms with Gasteiger partial charge in [-0.05, 0) is 61.2 Å². The van der Waals surface area contributed by atoms with E-state index in [1.165, 1.54) is 0 Å². The molecule has 3 amide bonds. The average Bonchev–Trinajstić information content (AvgIpc) is 3.50. The summed E-state index contributed by atoms with van der Waals surface area (Å²) in [7, 11) is 0. The molecule has 1 aliphatic carbocycles. The van der Waals surface area contributed by atoms with Crippen molar-refractivity contribution in [3.8, 4) is 0 Å². The summed E-state index contributed by atoms with van der Waals surface area (Å²) in [5.74, 6) is -0.984. The predicted octanol–water partition coefficient (Wildman–Crippen LogP) is 3.63. The number of rotatable bonds is 7. The standard InChI is InChI=1S/C22H24ClN3O3/c1-13(2)19(26-20(27)14-6-8-16(23)9-7-14)22(29)25-18-5-3-4-15(12-18)21(28)24-17-10-11-17/h3-9,12-13,17,19H,10-11H2,1-2H3,(H,24,28)(H,25,29)(H,26,27)/t19-/m1/s1. The second-order valence-corrected chi connectivity index (χ2v) is 7.96. The van der Waals surface area contributed by atoms with Gasteiger partial charge in [0.05, 0.1) is 0 Å². The van der Waals surface area contributed by atoms with E-state index in [-0.39, 0.29) is 29.7 Å². The van der Waals surface area contributed by atoms with Gasteiger partial charge in [0, 0.05) is 27.9 Å². The summed E-state index contributed by atoms with van der Waals surface area (Å²) in [6.45, 7) is 3.71. The molecule has 0 radical (unpaired) electrons. The molecular weight excluding hydrogens is 390 g/mol. The third-order valence-corrected chi connectivity index (χ3v) is 4.90. The van der Waals surface area contributed by atoms with E-state index in [1.807, 2.05) is 13.8 Å². The van der Waals surface area contributed by atoms with E-state index in [4.69, 9.17) is 11.6 Å². The molecule has 1 atom stereocenters. The van der Waals surface area contributed by atoms with Crippen molar-refractivity contribution in [2.24, 2.45) is 5.92 Å². The SMILES string of the molecule is CC(C)[C@@H](NC(=O)c1ccc(Cl)cc1)C(=O)Nc1cccc(C(=O)NC2CC2)c1. The maximum atomic E-state index is 12.8. The summed E-state index contributed by atoms with van der Waals surface area (Å²) in [4.78, 5) is 37.5. The first-order chi connectivity index (χ1) is 13.8. The van der Waals surface area contributed by atoms with Gasteiger partial charge in [-0.1, -0.05) is 31.5 Å². The fraction of sp³-hybridized carbons (Fsp3) is 0.318. The lowest BCUT2D eigenvalue weighted by atomic mass is 10.0. The lowest BCUT2D eigenvalue weighted by Crippen LogP contribution is -2.47. The summed E-state index contributed by atoms with van der Waals surface area (Å²) in [5, 5.41) is 9.02. The number of halogens is 1. The highest BCUT2D eigenvalue weighted by Crippen LogP contribution is 2.20. The molecule has 0 aromatic heterocycles. The van der Waals surface area contributed by atoms with Crippen molar-refractivity contribution in [3.05, 3.63) is 64.7 Å².